The Labute approximate surface area is 220 Å². The van der Waals surface area contributed by atoms with E-state index in [0.29, 0.717) is 28.0 Å². The average molecular weight is 561 g/mol. The van der Waals surface area contributed by atoms with Gasteiger partial charge in [0.25, 0.3) is 0 Å². The number of alkyl halides is 3. The minimum absolute atomic E-state index is 0.00389. The Morgan fingerprint density at radius 3 is 2.37 bits per heavy atom. The molecule has 5 rings (SSSR count). The van der Waals surface area contributed by atoms with E-state index in [2.05, 4.69) is 29.7 Å². The maximum absolute atomic E-state index is 13.9. The van der Waals surface area contributed by atoms with Gasteiger partial charge >= 0.3 is 11.0 Å². The van der Waals surface area contributed by atoms with Crippen molar-refractivity contribution in [1.82, 2.24) is 19.2 Å². The minimum atomic E-state index is -4.70. The van der Waals surface area contributed by atoms with E-state index in [1.807, 2.05) is 0 Å². The van der Waals surface area contributed by atoms with E-state index in [9.17, 15) is 22.4 Å². The normalized spacial score (nSPS) is 12.6. The molecule has 3 aromatic heterocycles. The molecule has 0 aliphatic rings. The molecule has 0 fully saturated rings. The lowest BCUT2D eigenvalue weighted by atomic mass is 10.1. The number of hydrogen-bond acceptors (Lipinski definition) is 5. The summed E-state index contributed by atoms with van der Waals surface area (Å²) in [4.78, 5) is 16.8. The summed E-state index contributed by atoms with van der Waals surface area (Å²) in [6.07, 6.45) is -4.70. The summed E-state index contributed by atoms with van der Waals surface area (Å²) in [5.74, 6) is -0.396. The third-order valence-electron chi connectivity index (χ3n) is 6.05. The predicted molar refractivity (Wildman–Crippen MR) is 143 cm³/mol. The van der Waals surface area contributed by atoms with Crippen molar-refractivity contribution >= 4 is 35.3 Å². The lowest BCUT2D eigenvalue weighted by Gasteiger charge is -2.15. The van der Waals surface area contributed by atoms with E-state index in [1.54, 1.807) is 22.8 Å². The van der Waals surface area contributed by atoms with Crippen LogP contribution in [0, 0.1) is 5.82 Å². The summed E-state index contributed by atoms with van der Waals surface area (Å²) < 4.78 is 63.9. The molecule has 0 spiro atoms. The van der Waals surface area contributed by atoms with Crippen molar-refractivity contribution in [2.45, 2.75) is 38.6 Å². The highest BCUT2D eigenvalue weighted by molar-refractivity contribution is 7.16. The van der Waals surface area contributed by atoms with Crippen molar-refractivity contribution in [2.24, 2.45) is 0 Å². The van der Waals surface area contributed by atoms with Crippen molar-refractivity contribution in [3.8, 4) is 22.5 Å². The molecular formula is C26H24F4N4O2SSi. The van der Waals surface area contributed by atoms with Crippen molar-refractivity contribution in [2.75, 3.05) is 6.61 Å². The molecule has 0 bridgehead atoms. The summed E-state index contributed by atoms with van der Waals surface area (Å²) in [7, 11) is -1.26. The van der Waals surface area contributed by atoms with Gasteiger partial charge in [-0.1, -0.05) is 43.1 Å². The Bertz CT molecular complexity index is 1680. The van der Waals surface area contributed by atoms with Gasteiger partial charge in [-0.3, -0.25) is 9.36 Å². The van der Waals surface area contributed by atoms with E-state index in [1.165, 1.54) is 30.3 Å². The fourth-order valence-corrected chi connectivity index (χ4v) is 5.65. The topological polar surface area (TPSA) is 61.4 Å². The SMILES string of the molecule is C[Si](C)(C)CCOCn1c(=O)sc2cc(-c3nc4cc(-c5ccc(F)cc5)cc(C(F)(F)F)n4n3)ccc21. The molecular weight excluding hydrogens is 536 g/mol. The van der Waals surface area contributed by atoms with Gasteiger partial charge in [0.1, 0.15) is 18.2 Å². The van der Waals surface area contributed by atoms with Crippen LogP contribution in [0.4, 0.5) is 17.6 Å². The Morgan fingerprint density at radius 1 is 0.974 bits per heavy atom. The number of rotatable bonds is 7. The van der Waals surface area contributed by atoms with Crippen molar-refractivity contribution in [1.29, 1.82) is 0 Å². The van der Waals surface area contributed by atoms with Crippen LogP contribution in [0.3, 0.4) is 0 Å². The first-order valence-corrected chi connectivity index (χ1v) is 16.4. The van der Waals surface area contributed by atoms with Crippen LogP contribution in [0.25, 0.3) is 38.4 Å². The lowest BCUT2D eigenvalue weighted by molar-refractivity contribution is -0.142. The van der Waals surface area contributed by atoms with Gasteiger partial charge in [0.2, 0.25) is 0 Å². The van der Waals surface area contributed by atoms with Crippen molar-refractivity contribution in [3.63, 3.8) is 0 Å². The Kier molecular flexibility index (Phi) is 6.74. The molecule has 0 radical (unpaired) electrons. The van der Waals surface area contributed by atoms with Gasteiger partial charge in [0.15, 0.2) is 11.5 Å². The molecule has 0 aliphatic carbocycles. The zero-order chi connectivity index (χ0) is 27.2. The summed E-state index contributed by atoms with van der Waals surface area (Å²) in [5.41, 5.74) is 0.809. The van der Waals surface area contributed by atoms with E-state index in [-0.39, 0.29) is 28.6 Å². The van der Waals surface area contributed by atoms with Crippen LogP contribution in [0.2, 0.25) is 25.7 Å². The molecule has 3 heterocycles. The molecule has 0 N–H and O–H groups in total. The number of thiazole rings is 1. The molecule has 0 aliphatic heterocycles. The molecule has 5 aromatic rings. The van der Waals surface area contributed by atoms with E-state index >= 15 is 0 Å². The second-order valence-corrected chi connectivity index (χ2v) is 16.8. The molecule has 12 heteroatoms. The maximum Gasteiger partial charge on any atom is 0.433 e. The number of fused-ring (bicyclic) bond motifs is 2. The Balaban J connectivity index is 1.51. The number of hydrogen-bond donors (Lipinski definition) is 0. The van der Waals surface area contributed by atoms with Crippen LogP contribution < -0.4 is 4.87 Å². The standard InChI is InChI=1S/C26H24F4N4O2SSi/c1-38(2,3)11-10-36-15-33-20-9-6-17(12-21(20)37-25(33)35)24-31-23-14-18(16-4-7-19(27)8-5-16)13-22(26(28,29)30)34(23)32-24/h4-9,12-14H,10-11,15H2,1-3H3. The van der Waals surface area contributed by atoms with Gasteiger partial charge in [-0.2, -0.15) is 13.2 Å². The average Bonchev–Trinajstić information content (AvgIpc) is 3.40. The third kappa shape index (κ3) is 5.42. The van der Waals surface area contributed by atoms with Crippen LogP contribution in [0.1, 0.15) is 5.69 Å². The fraction of sp³-hybridized carbons (Fsp3) is 0.269. The number of aromatic nitrogens is 4. The second-order valence-electron chi connectivity index (χ2n) is 10.2. The number of benzene rings is 2. The highest BCUT2D eigenvalue weighted by Crippen LogP contribution is 2.34. The van der Waals surface area contributed by atoms with Gasteiger partial charge in [-0.05, 0) is 59.6 Å². The Morgan fingerprint density at radius 2 is 1.68 bits per heavy atom. The highest BCUT2D eigenvalue weighted by Gasteiger charge is 2.35. The minimum Gasteiger partial charge on any atom is -0.361 e. The van der Waals surface area contributed by atoms with Gasteiger partial charge in [-0.25, -0.2) is 13.9 Å². The van der Waals surface area contributed by atoms with Crippen LogP contribution in [0.5, 0.6) is 0 Å². The molecule has 0 unspecified atom stereocenters. The molecule has 0 atom stereocenters. The maximum atomic E-state index is 13.9. The van der Waals surface area contributed by atoms with Crippen LogP contribution in [-0.2, 0) is 17.6 Å². The smallest absolute Gasteiger partial charge is 0.361 e. The van der Waals surface area contributed by atoms with Gasteiger partial charge in [0.05, 0.1) is 10.2 Å². The zero-order valence-electron chi connectivity index (χ0n) is 20.8. The lowest BCUT2D eigenvalue weighted by Crippen LogP contribution is -2.23. The molecule has 0 amide bonds. The third-order valence-corrected chi connectivity index (χ3v) is 8.69. The first kappa shape index (κ1) is 26.3. The van der Waals surface area contributed by atoms with Crippen LogP contribution in [0.15, 0.2) is 59.4 Å². The molecule has 6 nitrogen and oxygen atoms in total. The molecule has 198 valence electrons. The van der Waals surface area contributed by atoms with Crippen LogP contribution >= 0.6 is 11.3 Å². The zero-order valence-corrected chi connectivity index (χ0v) is 22.7. The number of ether oxygens (including phenoxy) is 1. The van der Waals surface area contributed by atoms with Gasteiger partial charge in [0, 0.05) is 20.2 Å². The quantitative estimate of drug-likeness (QED) is 0.123. The molecule has 2 aromatic carbocycles. The van der Waals surface area contributed by atoms with Gasteiger partial charge < -0.3 is 4.74 Å². The van der Waals surface area contributed by atoms with Crippen LogP contribution in [-0.4, -0.2) is 33.8 Å². The predicted octanol–water partition coefficient (Wildman–Crippen LogP) is 6.91. The van der Waals surface area contributed by atoms with E-state index in [0.717, 1.165) is 28.0 Å². The summed E-state index contributed by atoms with van der Waals surface area (Å²) in [6.45, 7) is 7.45. The van der Waals surface area contributed by atoms with Gasteiger partial charge in [-0.15, -0.1) is 5.10 Å². The largest absolute Gasteiger partial charge is 0.433 e. The monoisotopic (exact) mass is 560 g/mol. The van der Waals surface area contributed by atoms with Crippen molar-refractivity contribution in [3.05, 3.63) is 75.8 Å². The summed E-state index contributed by atoms with van der Waals surface area (Å²) in [6, 6.07) is 13.7. The Hall–Kier alpha value is -3.35. The highest BCUT2D eigenvalue weighted by atomic mass is 32.1. The number of pyridine rings is 1. The first-order valence-electron chi connectivity index (χ1n) is 11.8. The molecule has 0 saturated heterocycles. The number of nitrogens with zero attached hydrogens (tertiary/aromatic N) is 4. The first-order chi connectivity index (χ1) is 17.9. The van der Waals surface area contributed by atoms with Crippen molar-refractivity contribution < 1.29 is 22.3 Å². The number of halogens is 4. The van der Waals surface area contributed by atoms with E-state index in [4.69, 9.17) is 4.74 Å². The summed E-state index contributed by atoms with van der Waals surface area (Å²) >= 11 is 1.03. The van der Waals surface area contributed by atoms with E-state index < -0.39 is 25.8 Å². The molecule has 38 heavy (non-hydrogen) atoms. The molecule has 0 saturated carbocycles. The summed E-state index contributed by atoms with van der Waals surface area (Å²) in [5, 5.41) is 4.14. The fourth-order valence-electron chi connectivity index (χ4n) is 3.98. The second kappa shape index (κ2) is 9.75.